The highest BCUT2D eigenvalue weighted by Gasteiger charge is 2.08. The standard InChI is InChI=1S/C15H18N2O2/c1-12-7-9-14(10-8-12)19-17-16-15(11-18)13-5-3-2-4-6-13/h2-10,15-18H,11H2,1H3. The number of hydrazine groups is 1. The Bertz CT molecular complexity index is 485. The van der Waals surface area contributed by atoms with E-state index in [0.717, 1.165) is 5.56 Å². The van der Waals surface area contributed by atoms with Crippen LogP contribution in [0, 0.1) is 6.92 Å². The van der Waals surface area contributed by atoms with Gasteiger partial charge >= 0.3 is 0 Å². The number of nitrogens with one attached hydrogen (secondary N) is 2. The number of hydrogen-bond donors (Lipinski definition) is 3. The highest BCUT2D eigenvalue weighted by Crippen LogP contribution is 2.12. The van der Waals surface area contributed by atoms with E-state index in [1.54, 1.807) is 0 Å². The molecule has 3 N–H and O–H groups in total. The van der Waals surface area contributed by atoms with Crippen molar-refractivity contribution in [2.24, 2.45) is 0 Å². The Labute approximate surface area is 113 Å². The summed E-state index contributed by atoms with van der Waals surface area (Å²) in [6, 6.07) is 17.2. The molecule has 0 heterocycles. The van der Waals surface area contributed by atoms with Crippen molar-refractivity contribution in [2.45, 2.75) is 13.0 Å². The van der Waals surface area contributed by atoms with Crippen LogP contribution in [0.25, 0.3) is 0 Å². The second-order valence-corrected chi connectivity index (χ2v) is 4.31. The molecular weight excluding hydrogens is 240 g/mol. The van der Waals surface area contributed by atoms with Gasteiger partial charge in [-0.1, -0.05) is 53.6 Å². The predicted molar refractivity (Wildman–Crippen MR) is 74.3 cm³/mol. The number of hydrogen-bond acceptors (Lipinski definition) is 4. The molecule has 100 valence electrons. The van der Waals surface area contributed by atoms with Gasteiger partial charge in [0.2, 0.25) is 0 Å². The average Bonchev–Trinajstić information content (AvgIpc) is 2.46. The first-order chi connectivity index (χ1) is 9.29. The molecule has 0 radical (unpaired) electrons. The number of aryl methyl sites for hydroxylation is 1. The van der Waals surface area contributed by atoms with Gasteiger partial charge in [0.25, 0.3) is 0 Å². The van der Waals surface area contributed by atoms with E-state index >= 15 is 0 Å². The lowest BCUT2D eigenvalue weighted by Crippen LogP contribution is -2.39. The maximum absolute atomic E-state index is 9.35. The van der Waals surface area contributed by atoms with Crippen molar-refractivity contribution in [1.82, 2.24) is 11.0 Å². The molecule has 4 nitrogen and oxygen atoms in total. The molecule has 1 unspecified atom stereocenters. The van der Waals surface area contributed by atoms with Crippen molar-refractivity contribution in [3.63, 3.8) is 0 Å². The first-order valence-electron chi connectivity index (χ1n) is 6.19. The number of aliphatic hydroxyl groups is 1. The molecule has 0 aliphatic rings. The molecule has 0 aliphatic carbocycles. The van der Waals surface area contributed by atoms with Crippen LogP contribution in [0.2, 0.25) is 0 Å². The highest BCUT2D eigenvalue weighted by molar-refractivity contribution is 5.26. The molecule has 2 aromatic carbocycles. The van der Waals surface area contributed by atoms with Gasteiger partial charge in [0.05, 0.1) is 12.6 Å². The summed E-state index contributed by atoms with van der Waals surface area (Å²) in [6.07, 6.45) is 0. The molecule has 0 spiro atoms. The molecular formula is C15H18N2O2. The van der Waals surface area contributed by atoms with E-state index in [1.807, 2.05) is 61.5 Å². The van der Waals surface area contributed by atoms with Crippen molar-refractivity contribution in [3.05, 3.63) is 65.7 Å². The number of benzene rings is 2. The lowest BCUT2D eigenvalue weighted by atomic mass is 10.1. The lowest BCUT2D eigenvalue weighted by Gasteiger charge is -2.17. The minimum Gasteiger partial charge on any atom is -0.394 e. The summed E-state index contributed by atoms with van der Waals surface area (Å²) >= 11 is 0. The molecule has 0 aliphatic heterocycles. The van der Waals surface area contributed by atoms with E-state index in [4.69, 9.17) is 4.84 Å². The molecule has 0 saturated heterocycles. The van der Waals surface area contributed by atoms with Crippen molar-refractivity contribution in [3.8, 4) is 5.75 Å². The zero-order valence-corrected chi connectivity index (χ0v) is 10.8. The molecule has 0 amide bonds. The molecule has 0 fully saturated rings. The van der Waals surface area contributed by atoms with Gasteiger partial charge in [-0.2, -0.15) is 0 Å². The van der Waals surface area contributed by atoms with Gasteiger partial charge in [0, 0.05) is 0 Å². The third kappa shape index (κ3) is 4.06. The molecule has 0 aromatic heterocycles. The first-order valence-corrected chi connectivity index (χ1v) is 6.19. The van der Waals surface area contributed by atoms with Crippen LogP contribution in [-0.2, 0) is 0 Å². The SMILES string of the molecule is Cc1ccc(ONNC(CO)c2ccccc2)cc1. The summed E-state index contributed by atoms with van der Waals surface area (Å²) < 4.78 is 0. The Balaban J connectivity index is 1.85. The Morgan fingerprint density at radius 1 is 1.05 bits per heavy atom. The maximum Gasteiger partial charge on any atom is 0.149 e. The highest BCUT2D eigenvalue weighted by atomic mass is 16.7. The summed E-state index contributed by atoms with van der Waals surface area (Å²) in [5, 5.41) is 9.35. The minimum absolute atomic E-state index is 0.0196. The largest absolute Gasteiger partial charge is 0.394 e. The zero-order valence-electron chi connectivity index (χ0n) is 10.8. The average molecular weight is 258 g/mol. The van der Waals surface area contributed by atoms with E-state index in [-0.39, 0.29) is 12.6 Å². The smallest absolute Gasteiger partial charge is 0.149 e. The second-order valence-electron chi connectivity index (χ2n) is 4.31. The summed E-state index contributed by atoms with van der Waals surface area (Å²) in [4.78, 5) is 5.34. The van der Waals surface area contributed by atoms with Crippen LogP contribution < -0.4 is 15.9 Å². The Morgan fingerprint density at radius 2 is 1.74 bits per heavy atom. The van der Waals surface area contributed by atoms with Crippen LogP contribution >= 0.6 is 0 Å². The Hall–Kier alpha value is -1.88. The van der Waals surface area contributed by atoms with Crippen LogP contribution in [0.3, 0.4) is 0 Å². The van der Waals surface area contributed by atoms with Gasteiger partial charge in [0.15, 0.2) is 0 Å². The van der Waals surface area contributed by atoms with Gasteiger partial charge in [-0.15, -0.1) is 0 Å². The monoisotopic (exact) mass is 258 g/mol. The quantitative estimate of drug-likeness (QED) is 0.695. The fourth-order valence-corrected chi connectivity index (χ4v) is 1.69. The van der Waals surface area contributed by atoms with Gasteiger partial charge < -0.3 is 9.94 Å². The number of rotatable bonds is 6. The summed E-state index contributed by atoms with van der Waals surface area (Å²) in [7, 11) is 0. The lowest BCUT2D eigenvalue weighted by molar-refractivity contribution is 0.111. The molecule has 19 heavy (non-hydrogen) atoms. The third-order valence-electron chi connectivity index (χ3n) is 2.81. The molecule has 4 heteroatoms. The molecule has 2 aromatic rings. The zero-order chi connectivity index (χ0) is 13.5. The minimum atomic E-state index is -0.216. The molecule has 2 rings (SSSR count). The summed E-state index contributed by atoms with van der Waals surface area (Å²) in [6.45, 7) is 2.00. The molecule has 0 saturated carbocycles. The maximum atomic E-state index is 9.35. The summed E-state index contributed by atoms with van der Waals surface area (Å²) in [5.41, 5.74) is 7.76. The van der Waals surface area contributed by atoms with Crippen LogP contribution in [0.5, 0.6) is 5.75 Å². The summed E-state index contributed by atoms with van der Waals surface area (Å²) in [5.74, 6) is 0.711. The van der Waals surface area contributed by atoms with E-state index < -0.39 is 0 Å². The van der Waals surface area contributed by atoms with E-state index in [2.05, 4.69) is 11.0 Å². The Morgan fingerprint density at radius 3 is 2.37 bits per heavy atom. The van der Waals surface area contributed by atoms with Crippen molar-refractivity contribution >= 4 is 0 Å². The topological polar surface area (TPSA) is 53.5 Å². The van der Waals surface area contributed by atoms with Gasteiger partial charge in [-0.05, 0) is 24.6 Å². The van der Waals surface area contributed by atoms with Crippen LogP contribution in [0.4, 0.5) is 0 Å². The van der Waals surface area contributed by atoms with Crippen molar-refractivity contribution < 1.29 is 9.94 Å². The number of aliphatic hydroxyl groups excluding tert-OH is 1. The van der Waals surface area contributed by atoms with E-state index in [1.165, 1.54) is 5.56 Å². The fraction of sp³-hybridized carbons (Fsp3) is 0.200. The third-order valence-corrected chi connectivity index (χ3v) is 2.81. The molecule has 0 bridgehead atoms. The first kappa shape index (κ1) is 13.5. The fourth-order valence-electron chi connectivity index (χ4n) is 1.69. The Kier molecular flexibility index (Phi) is 4.92. The predicted octanol–water partition coefficient (Wildman–Crippen LogP) is 2.12. The van der Waals surface area contributed by atoms with Gasteiger partial charge in [-0.25, -0.2) is 5.43 Å². The van der Waals surface area contributed by atoms with Crippen LogP contribution in [0.15, 0.2) is 54.6 Å². The van der Waals surface area contributed by atoms with Crippen LogP contribution in [0.1, 0.15) is 17.2 Å². The normalized spacial score (nSPS) is 12.1. The van der Waals surface area contributed by atoms with E-state index in [0.29, 0.717) is 5.75 Å². The second kappa shape index (κ2) is 6.89. The molecule has 1 atom stereocenters. The van der Waals surface area contributed by atoms with Crippen molar-refractivity contribution in [2.75, 3.05) is 6.61 Å². The van der Waals surface area contributed by atoms with Crippen molar-refractivity contribution in [1.29, 1.82) is 0 Å². The van der Waals surface area contributed by atoms with E-state index in [9.17, 15) is 5.11 Å². The van der Waals surface area contributed by atoms with Crippen LogP contribution in [-0.4, -0.2) is 11.7 Å². The van der Waals surface area contributed by atoms with Gasteiger partial charge in [-0.3, -0.25) is 0 Å². The van der Waals surface area contributed by atoms with Gasteiger partial charge in [0.1, 0.15) is 5.75 Å².